The second-order valence-corrected chi connectivity index (χ2v) is 3.71. The molecule has 3 N–H and O–H groups in total. The molecule has 5 heteroatoms. The van der Waals surface area contributed by atoms with Crippen molar-refractivity contribution in [1.82, 2.24) is 10.2 Å². The molecule has 0 aliphatic heterocycles. The Balaban J connectivity index is 2.41. The molecule has 2 rings (SSSR count). The van der Waals surface area contributed by atoms with Crippen LogP contribution in [0.1, 0.15) is 21.5 Å². The minimum atomic E-state index is -0.142. The number of aromatic amines is 1. The van der Waals surface area contributed by atoms with Crippen LogP contribution in [0.15, 0.2) is 24.4 Å². The topological polar surface area (TPSA) is 81.0 Å². The zero-order valence-corrected chi connectivity index (χ0v) is 9.65. The van der Waals surface area contributed by atoms with Gasteiger partial charge in [0.1, 0.15) is 11.6 Å². The van der Waals surface area contributed by atoms with Crippen LogP contribution >= 0.6 is 0 Å². The van der Waals surface area contributed by atoms with Crippen LogP contribution in [0.4, 0.5) is 5.82 Å². The number of ether oxygens (including phenoxy) is 1. The van der Waals surface area contributed by atoms with Gasteiger partial charge in [0.25, 0.3) is 0 Å². The molecule has 2 aromatic rings. The predicted octanol–water partition coefficient (Wildman–Crippen LogP) is 1.54. The van der Waals surface area contributed by atoms with Crippen molar-refractivity contribution in [1.29, 1.82) is 0 Å². The summed E-state index contributed by atoms with van der Waals surface area (Å²) in [5.41, 5.74) is 7.45. The maximum absolute atomic E-state index is 12.2. The van der Waals surface area contributed by atoms with Crippen molar-refractivity contribution in [3.05, 3.63) is 41.1 Å². The summed E-state index contributed by atoms with van der Waals surface area (Å²) in [6.45, 7) is 1.85. The summed E-state index contributed by atoms with van der Waals surface area (Å²) in [6, 6.07) is 5.28. The normalized spacial score (nSPS) is 10.2. The van der Waals surface area contributed by atoms with Crippen molar-refractivity contribution in [2.45, 2.75) is 6.92 Å². The minimum absolute atomic E-state index is 0.142. The largest absolute Gasteiger partial charge is 0.497 e. The highest BCUT2D eigenvalue weighted by Crippen LogP contribution is 2.21. The maximum atomic E-state index is 12.2. The standard InChI is InChI=1S/C12H13N3O2/c1-7-5-8(17-2)3-4-9(7)11(16)10-6-14-15-12(10)13/h3-6H,1-2H3,(H3,13,14,15). The number of nitrogen functional groups attached to an aromatic ring is 1. The van der Waals surface area contributed by atoms with Crippen molar-refractivity contribution < 1.29 is 9.53 Å². The summed E-state index contributed by atoms with van der Waals surface area (Å²) < 4.78 is 5.09. The number of anilines is 1. The molecule has 0 saturated carbocycles. The SMILES string of the molecule is COc1ccc(C(=O)c2cn[nH]c2N)c(C)c1. The highest BCUT2D eigenvalue weighted by atomic mass is 16.5. The number of carbonyl (C=O) groups excluding carboxylic acids is 1. The number of benzene rings is 1. The molecule has 5 nitrogen and oxygen atoms in total. The van der Waals surface area contributed by atoms with Crippen LogP contribution in [0, 0.1) is 6.92 Å². The third kappa shape index (κ3) is 1.99. The number of rotatable bonds is 3. The number of nitrogens with two attached hydrogens (primary N) is 1. The van der Waals surface area contributed by atoms with Crippen molar-refractivity contribution in [3.8, 4) is 5.75 Å². The Morgan fingerprint density at radius 1 is 1.41 bits per heavy atom. The molecule has 0 fully saturated rings. The number of methoxy groups -OCH3 is 1. The number of carbonyl (C=O) groups is 1. The van der Waals surface area contributed by atoms with Crippen molar-refractivity contribution in [2.24, 2.45) is 0 Å². The second-order valence-electron chi connectivity index (χ2n) is 3.71. The molecule has 0 spiro atoms. The molecule has 0 unspecified atom stereocenters. The Bertz CT molecular complexity index is 561. The fraction of sp³-hybridized carbons (Fsp3) is 0.167. The van der Waals surface area contributed by atoms with Gasteiger partial charge in [-0.2, -0.15) is 5.10 Å². The summed E-state index contributed by atoms with van der Waals surface area (Å²) >= 11 is 0. The van der Waals surface area contributed by atoms with E-state index in [1.165, 1.54) is 6.20 Å². The molecule has 0 radical (unpaired) electrons. The summed E-state index contributed by atoms with van der Waals surface area (Å²) in [6.07, 6.45) is 1.43. The molecule has 0 bridgehead atoms. The van der Waals surface area contributed by atoms with E-state index in [9.17, 15) is 4.79 Å². The monoisotopic (exact) mass is 231 g/mol. The van der Waals surface area contributed by atoms with Gasteiger partial charge in [0.15, 0.2) is 5.78 Å². The maximum Gasteiger partial charge on any atom is 0.198 e. The van der Waals surface area contributed by atoms with Gasteiger partial charge in [-0.05, 0) is 30.7 Å². The molecule has 1 heterocycles. The van der Waals surface area contributed by atoms with E-state index >= 15 is 0 Å². The molecule has 1 aromatic heterocycles. The molecule has 17 heavy (non-hydrogen) atoms. The third-order valence-electron chi connectivity index (χ3n) is 2.59. The quantitative estimate of drug-likeness (QED) is 0.785. The van der Waals surface area contributed by atoms with Crippen LogP contribution in [0.2, 0.25) is 0 Å². The Morgan fingerprint density at radius 2 is 2.18 bits per heavy atom. The van der Waals surface area contributed by atoms with Crippen LogP contribution < -0.4 is 10.5 Å². The first-order chi connectivity index (χ1) is 8.13. The van der Waals surface area contributed by atoms with E-state index in [0.29, 0.717) is 11.1 Å². The van der Waals surface area contributed by atoms with Crippen molar-refractivity contribution >= 4 is 11.6 Å². The van der Waals surface area contributed by atoms with Crippen LogP contribution in [0.3, 0.4) is 0 Å². The summed E-state index contributed by atoms with van der Waals surface area (Å²) in [5, 5.41) is 6.28. The number of ketones is 1. The van der Waals surface area contributed by atoms with Gasteiger partial charge in [-0.1, -0.05) is 0 Å². The first kappa shape index (κ1) is 11.2. The Hall–Kier alpha value is -2.30. The lowest BCUT2D eigenvalue weighted by Crippen LogP contribution is -2.05. The zero-order chi connectivity index (χ0) is 12.4. The number of aromatic nitrogens is 2. The van der Waals surface area contributed by atoms with Crippen LogP contribution in [0.5, 0.6) is 5.75 Å². The zero-order valence-electron chi connectivity index (χ0n) is 9.65. The molecule has 0 saturated heterocycles. The number of aryl methyl sites for hydroxylation is 1. The number of nitrogens with one attached hydrogen (secondary N) is 1. The number of H-pyrrole nitrogens is 1. The molecule has 1 aromatic carbocycles. The van der Waals surface area contributed by atoms with Gasteiger partial charge in [0, 0.05) is 5.56 Å². The minimum Gasteiger partial charge on any atom is -0.497 e. The van der Waals surface area contributed by atoms with E-state index in [0.717, 1.165) is 11.3 Å². The first-order valence-corrected chi connectivity index (χ1v) is 5.11. The number of hydrogen-bond donors (Lipinski definition) is 2. The van der Waals surface area contributed by atoms with E-state index < -0.39 is 0 Å². The summed E-state index contributed by atoms with van der Waals surface area (Å²) in [5.74, 6) is 0.862. The van der Waals surface area contributed by atoms with Crippen LogP contribution in [0.25, 0.3) is 0 Å². The smallest absolute Gasteiger partial charge is 0.198 e. The van der Waals surface area contributed by atoms with Gasteiger partial charge >= 0.3 is 0 Å². The lowest BCUT2D eigenvalue weighted by Gasteiger charge is -2.06. The fourth-order valence-electron chi connectivity index (χ4n) is 1.64. The van der Waals surface area contributed by atoms with E-state index in [2.05, 4.69) is 10.2 Å². The second kappa shape index (κ2) is 4.29. The number of hydrogen-bond acceptors (Lipinski definition) is 4. The first-order valence-electron chi connectivity index (χ1n) is 5.11. The fourth-order valence-corrected chi connectivity index (χ4v) is 1.64. The van der Waals surface area contributed by atoms with E-state index in [1.807, 2.05) is 13.0 Å². The number of nitrogens with zero attached hydrogens (tertiary/aromatic N) is 1. The van der Waals surface area contributed by atoms with E-state index in [4.69, 9.17) is 10.5 Å². The van der Waals surface area contributed by atoms with Crippen molar-refractivity contribution in [2.75, 3.05) is 12.8 Å². The van der Waals surface area contributed by atoms with Crippen LogP contribution in [-0.4, -0.2) is 23.1 Å². The summed E-state index contributed by atoms with van der Waals surface area (Å²) in [7, 11) is 1.59. The average molecular weight is 231 g/mol. The highest BCUT2D eigenvalue weighted by Gasteiger charge is 2.16. The van der Waals surface area contributed by atoms with Crippen molar-refractivity contribution in [3.63, 3.8) is 0 Å². The van der Waals surface area contributed by atoms with Gasteiger partial charge in [-0.15, -0.1) is 0 Å². The molecule has 0 aliphatic rings. The Labute approximate surface area is 98.6 Å². The van der Waals surface area contributed by atoms with Gasteiger partial charge < -0.3 is 10.5 Å². The summed E-state index contributed by atoms with van der Waals surface area (Å²) in [4.78, 5) is 12.2. The lowest BCUT2D eigenvalue weighted by atomic mass is 10.0. The third-order valence-corrected chi connectivity index (χ3v) is 2.59. The van der Waals surface area contributed by atoms with Gasteiger partial charge in [-0.3, -0.25) is 9.89 Å². The molecule has 0 atom stereocenters. The highest BCUT2D eigenvalue weighted by molar-refractivity contribution is 6.12. The molecule has 0 amide bonds. The van der Waals surface area contributed by atoms with Crippen LogP contribution in [-0.2, 0) is 0 Å². The van der Waals surface area contributed by atoms with Gasteiger partial charge in [0.05, 0.1) is 18.9 Å². The Morgan fingerprint density at radius 3 is 2.71 bits per heavy atom. The molecule has 0 aliphatic carbocycles. The van der Waals surface area contributed by atoms with E-state index in [1.54, 1.807) is 19.2 Å². The van der Waals surface area contributed by atoms with E-state index in [-0.39, 0.29) is 11.6 Å². The van der Waals surface area contributed by atoms with Gasteiger partial charge in [0.2, 0.25) is 0 Å². The predicted molar refractivity (Wildman–Crippen MR) is 64.2 cm³/mol. The molecular formula is C12H13N3O2. The average Bonchev–Trinajstić information content (AvgIpc) is 2.74. The lowest BCUT2D eigenvalue weighted by molar-refractivity contribution is 0.103. The Kier molecular flexibility index (Phi) is 2.82. The van der Waals surface area contributed by atoms with Gasteiger partial charge in [-0.25, -0.2) is 0 Å². The molecular weight excluding hydrogens is 218 g/mol. The molecule has 88 valence electrons.